The SMILES string of the molecule is CNC(=O)COc1c(F)cc([N+](=O)[O-])cc1S(=O)(=O)Cl. The van der Waals surface area contributed by atoms with Crippen molar-refractivity contribution < 1.29 is 27.3 Å². The van der Waals surface area contributed by atoms with Gasteiger partial charge in [-0.05, 0) is 0 Å². The Bertz CT molecular complexity index is 663. The van der Waals surface area contributed by atoms with E-state index in [1.165, 1.54) is 7.05 Å². The van der Waals surface area contributed by atoms with Crippen molar-refractivity contribution in [1.29, 1.82) is 0 Å². The number of nitro benzene ring substituents is 1. The summed E-state index contributed by atoms with van der Waals surface area (Å²) in [6, 6.07) is 1.01. The Morgan fingerprint density at radius 3 is 2.60 bits per heavy atom. The summed E-state index contributed by atoms with van der Waals surface area (Å²) in [6.07, 6.45) is 0. The Hall–Kier alpha value is -1.94. The van der Waals surface area contributed by atoms with Crippen molar-refractivity contribution >= 4 is 31.3 Å². The number of benzene rings is 1. The minimum Gasteiger partial charge on any atom is -0.479 e. The predicted molar refractivity (Wildman–Crippen MR) is 65.7 cm³/mol. The largest absolute Gasteiger partial charge is 0.479 e. The van der Waals surface area contributed by atoms with E-state index in [-0.39, 0.29) is 0 Å². The Morgan fingerprint density at radius 1 is 1.55 bits per heavy atom. The van der Waals surface area contributed by atoms with Gasteiger partial charge in [0.2, 0.25) is 0 Å². The molecule has 0 fully saturated rings. The second-order valence-electron chi connectivity index (χ2n) is 3.41. The van der Waals surface area contributed by atoms with Crippen LogP contribution < -0.4 is 10.1 Å². The molecule has 0 atom stereocenters. The van der Waals surface area contributed by atoms with Crippen molar-refractivity contribution in [2.24, 2.45) is 0 Å². The first-order valence-corrected chi connectivity index (χ1v) is 7.23. The smallest absolute Gasteiger partial charge is 0.273 e. The molecule has 1 rings (SSSR count). The number of nitrogens with zero attached hydrogens (tertiary/aromatic N) is 1. The normalized spacial score (nSPS) is 10.9. The van der Waals surface area contributed by atoms with Gasteiger partial charge in [0, 0.05) is 23.8 Å². The average Bonchev–Trinajstić information content (AvgIpc) is 2.34. The van der Waals surface area contributed by atoms with Crippen molar-refractivity contribution in [3.63, 3.8) is 0 Å². The third kappa shape index (κ3) is 3.78. The van der Waals surface area contributed by atoms with Crippen molar-refractivity contribution in [3.05, 3.63) is 28.1 Å². The van der Waals surface area contributed by atoms with E-state index >= 15 is 0 Å². The van der Waals surface area contributed by atoms with E-state index < -0.39 is 48.6 Å². The van der Waals surface area contributed by atoms with Gasteiger partial charge >= 0.3 is 0 Å². The number of amides is 1. The number of carbonyl (C=O) groups is 1. The number of ether oxygens (including phenoxy) is 1. The fourth-order valence-corrected chi connectivity index (χ4v) is 2.17. The lowest BCUT2D eigenvalue weighted by Crippen LogP contribution is -2.25. The van der Waals surface area contributed by atoms with Crippen LogP contribution in [-0.4, -0.2) is 32.9 Å². The Labute approximate surface area is 117 Å². The van der Waals surface area contributed by atoms with E-state index in [4.69, 9.17) is 15.4 Å². The summed E-state index contributed by atoms with van der Waals surface area (Å²) in [5, 5.41) is 12.7. The number of halogens is 2. The predicted octanol–water partition coefficient (Wildman–Crippen LogP) is 0.786. The average molecular weight is 327 g/mol. The second-order valence-corrected chi connectivity index (χ2v) is 5.95. The minimum atomic E-state index is -4.50. The zero-order valence-electron chi connectivity index (χ0n) is 9.92. The molecular formula is C9H8ClFN2O6S. The highest BCUT2D eigenvalue weighted by molar-refractivity contribution is 8.13. The zero-order chi connectivity index (χ0) is 15.5. The molecule has 1 aromatic carbocycles. The van der Waals surface area contributed by atoms with Crippen molar-refractivity contribution in [2.45, 2.75) is 4.90 Å². The molecule has 0 radical (unpaired) electrons. The number of nitrogens with one attached hydrogen (secondary N) is 1. The molecule has 1 aromatic rings. The maximum atomic E-state index is 13.7. The first kappa shape index (κ1) is 16.1. The molecule has 0 unspecified atom stereocenters. The van der Waals surface area contributed by atoms with Gasteiger partial charge in [-0.1, -0.05) is 0 Å². The lowest BCUT2D eigenvalue weighted by Gasteiger charge is -2.09. The molecular weight excluding hydrogens is 319 g/mol. The van der Waals surface area contributed by atoms with Crippen LogP contribution in [0.2, 0.25) is 0 Å². The van der Waals surface area contributed by atoms with Crippen LogP contribution in [0.1, 0.15) is 0 Å². The molecule has 0 heterocycles. The summed E-state index contributed by atoms with van der Waals surface area (Å²) in [5.41, 5.74) is -0.811. The van der Waals surface area contributed by atoms with Gasteiger partial charge in [0.25, 0.3) is 20.6 Å². The monoisotopic (exact) mass is 326 g/mol. The third-order valence-corrected chi connectivity index (χ3v) is 3.42. The van der Waals surface area contributed by atoms with Crippen molar-refractivity contribution in [2.75, 3.05) is 13.7 Å². The fraction of sp³-hybridized carbons (Fsp3) is 0.222. The summed E-state index contributed by atoms with van der Waals surface area (Å²) >= 11 is 0. The number of rotatable bonds is 5. The molecule has 11 heteroatoms. The standard InChI is InChI=1S/C9H8ClFN2O6S/c1-12-8(14)4-19-9-6(11)2-5(13(15)16)3-7(9)20(10,17)18/h2-3H,4H2,1H3,(H,12,14). The van der Waals surface area contributed by atoms with E-state index in [1.807, 2.05) is 0 Å². The molecule has 0 spiro atoms. The van der Waals surface area contributed by atoms with Gasteiger partial charge in [-0.3, -0.25) is 14.9 Å². The lowest BCUT2D eigenvalue weighted by atomic mass is 10.3. The van der Waals surface area contributed by atoms with Gasteiger partial charge in [-0.2, -0.15) is 0 Å². The quantitative estimate of drug-likeness (QED) is 0.486. The van der Waals surface area contributed by atoms with Crippen molar-refractivity contribution in [3.8, 4) is 5.75 Å². The highest BCUT2D eigenvalue weighted by Crippen LogP contribution is 2.33. The number of hydrogen-bond donors (Lipinski definition) is 1. The maximum Gasteiger partial charge on any atom is 0.273 e. The summed E-state index contributed by atoms with van der Waals surface area (Å²) in [7, 11) is 1.86. The zero-order valence-corrected chi connectivity index (χ0v) is 11.5. The molecule has 20 heavy (non-hydrogen) atoms. The number of hydrogen-bond acceptors (Lipinski definition) is 6. The molecule has 0 aliphatic carbocycles. The van der Waals surface area contributed by atoms with Crippen LogP contribution in [0.4, 0.5) is 10.1 Å². The molecule has 0 aliphatic heterocycles. The minimum absolute atomic E-state index is 0.463. The van der Waals surface area contributed by atoms with Gasteiger partial charge in [0.1, 0.15) is 4.90 Å². The molecule has 0 bridgehead atoms. The van der Waals surface area contributed by atoms with E-state index in [0.717, 1.165) is 0 Å². The summed E-state index contributed by atoms with van der Waals surface area (Å²) in [6.45, 7) is -0.676. The Kier molecular flexibility index (Phi) is 4.84. The topological polar surface area (TPSA) is 116 Å². The summed E-state index contributed by atoms with van der Waals surface area (Å²) < 4.78 is 41.0. The van der Waals surface area contributed by atoms with Crippen LogP contribution in [0.5, 0.6) is 5.75 Å². The molecule has 1 N–H and O–H groups in total. The van der Waals surface area contributed by atoms with E-state index in [0.29, 0.717) is 12.1 Å². The Morgan fingerprint density at radius 2 is 2.15 bits per heavy atom. The first-order chi connectivity index (χ1) is 9.16. The molecule has 0 aromatic heterocycles. The van der Waals surface area contributed by atoms with Gasteiger partial charge in [-0.25, -0.2) is 12.8 Å². The molecule has 8 nitrogen and oxygen atoms in total. The Balaban J connectivity index is 3.35. The highest BCUT2D eigenvalue weighted by Gasteiger charge is 2.26. The van der Waals surface area contributed by atoms with Gasteiger partial charge in [-0.15, -0.1) is 0 Å². The van der Waals surface area contributed by atoms with Gasteiger partial charge in [0.15, 0.2) is 18.2 Å². The molecule has 1 amide bonds. The first-order valence-electron chi connectivity index (χ1n) is 4.92. The van der Waals surface area contributed by atoms with Crippen LogP contribution >= 0.6 is 10.7 Å². The van der Waals surface area contributed by atoms with E-state index in [1.54, 1.807) is 0 Å². The van der Waals surface area contributed by atoms with Gasteiger partial charge in [0.05, 0.1) is 11.0 Å². The molecule has 110 valence electrons. The lowest BCUT2D eigenvalue weighted by molar-refractivity contribution is -0.385. The van der Waals surface area contributed by atoms with E-state index in [9.17, 15) is 27.7 Å². The summed E-state index contributed by atoms with van der Waals surface area (Å²) in [4.78, 5) is 19.6. The number of likely N-dealkylation sites (N-methyl/N-ethyl adjacent to an activating group) is 1. The fourth-order valence-electron chi connectivity index (χ4n) is 1.19. The second kappa shape index (κ2) is 6.01. The van der Waals surface area contributed by atoms with Crippen LogP contribution in [0.25, 0.3) is 0 Å². The molecule has 0 saturated carbocycles. The number of carbonyl (C=O) groups excluding carboxylic acids is 1. The van der Waals surface area contributed by atoms with E-state index in [2.05, 4.69) is 5.32 Å². The third-order valence-electron chi connectivity index (χ3n) is 2.09. The van der Waals surface area contributed by atoms with Gasteiger partial charge < -0.3 is 10.1 Å². The van der Waals surface area contributed by atoms with Crippen molar-refractivity contribution in [1.82, 2.24) is 5.32 Å². The van der Waals surface area contributed by atoms with Crippen LogP contribution in [0, 0.1) is 15.9 Å². The number of nitro groups is 1. The maximum absolute atomic E-state index is 13.7. The molecule has 0 aliphatic rings. The molecule has 0 saturated heterocycles. The van der Waals surface area contributed by atoms with Crippen LogP contribution in [-0.2, 0) is 13.8 Å². The highest BCUT2D eigenvalue weighted by atomic mass is 35.7. The van der Waals surface area contributed by atoms with Crippen LogP contribution in [0.3, 0.4) is 0 Å². The number of non-ortho nitro benzene ring substituents is 1. The van der Waals surface area contributed by atoms with Crippen LogP contribution in [0.15, 0.2) is 17.0 Å². The summed E-state index contributed by atoms with van der Waals surface area (Å²) in [5.74, 6) is -2.82.